The minimum atomic E-state index is -4.04. The number of aromatic nitrogens is 5. The van der Waals surface area contributed by atoms with Gasteiger partial charge in [0.15, 0.2) is 5.82 Å². The minimum Gasteiger partial charge on any atom is -0.474 e. The van der Waals surface area contributed by atoms with Crippen molar-refractivity contribution in [1.29, 1.82) is 0 Å². The van der Waals surface area contributed by atoms with Crippen LogP contribution in [0.5, 0.6) is 5.88 Å². The molecule has 188 valence electrons. The fourth-order valence-corrected chi connectivity index (χ4v) is 4.56. The smallest absolute Gasteiger partial charge is 0.324 e. The van der Waals surface area contributed by atoms with E-state index in [1.807, 2.05) is 18.7 Å². The van der Waals surface area contributed by atoms with Crippen LogP contribution in [0, 0.1) is 5.82 Å². The average Bonchev–Trinajstić information content (AvgIpc) is 3.35. The van der Waals surface area contributed by atoms with Crippen LogP contribution in [-0.4, -0.2) is 52.7 Å². The summed E-state index contributed by atoms with van der Waals surface area (Å²) in [5.74, 6) is 0.449. The van der Waals surface area contributed by atoms with Gasteiger partial charge in [0.1, 0.15) is 23.8 Å². The zero-order valence-electron chi connectivity index (χ0n) is 19.6. The highest BCUT2D eigenvalue weighted by Crippen LogP contribution is 2.32. The van der Waals surface area contributed by atoms with E-state index in [9.17, 15) is 12.8 Å². The lowest BCUT2D eigenvalue weighted by Gasteiger charge is -2.30. The topological polar surface area (TPSA) is 150 Å². The number of hydrogen-bond donors (Lipinski definition) is 1. The Hall–Kier alpha value is -3.71. The van der Waals surface area contributed by atoms with Crippen LogP contribution in [0.25, 0.3) is 22.2 Å². The normalized spacial score (nSPS) is 15.1. The molecule has 0 saturated carbocycles. The number of halogens is 1. The molecule has 1 aliphatic rings. The number of sulfonamides is 1. The van der Waals surface area contributed by atoms with Gasteiger partial charge in [-0.05, 0) is 24.3 Å². The largest absolute Gasteiger partial charge is 0.474 e. The summed E-state index contributed by atoms with van der Waals surface area (Å²) in [5.41, 5.74) is 0.714. The maximum atomic E-state index is 14.8. The Kier molecular flexibility index (Phi) is 6.26. The fraction of sp³-hybridized carbons (Fsp3) is 0.348. The highest BCUT2D eigenvalue weighted by molar-refractivity contribution is 7.89. The molecule has 0 atom stereocenters. The zero-order valence-corrected chi connectivity index (χ0v) is 20.4. The number of anilines is 1. The number of fused-ring (bicyclic) bond motifs is 1. The maximum Gasteiger partial charge on any atom is 0.324 e. The van der Waals surface area contributed by atoms with Gasteiger partial charge in [0.2, 0.25) is 15.9 Å². The van der Waals surface area contributed by atoms with Crippen molar-refractivity contribution in [3.05, 3.63) is 48.4 Å². The summed E-state index contributed by atoms with van der Waals surface area (Å²) in [6.07, 6.45) is 4.17. The van der Waals surface area contributed by atoms with Crippen LogP contribution in [0.1, 0.15) is 38.4 Å². The number of piperidine rings is 1. The van der Waals surface area contributed by atoms with E-state index in [2.05, 4.69) is 25.1 Å². The Bertz CT molecular complexity index is 1520. The standard InChI is InChI=1S/C23H24FN7O4S/c1-13(2)21-29-23(35-30-21)31-9-6-14(7-10-31)34-22-17-5-8-26-19(20(17)27-12-28-22)16-4-3-15(11-18(16)24)36(25,32)33/h3-5,8,11-14H,6-7,9-10H2,1-2H3,(H2,25,32,33). The van der Waals surface area contributed by atoms with E-state index in [4.69, 9.17) is 14.4 Å². The molecule has 0 spiro atoms. The molecule has 0 bridgehead atoms. The summed E-state index contributed by atoms with van der Waals surface area (Å²) in [6.45, 7) is 5.38. The van der Waals surface area contributed by atoms with Gasteiger partial charge in [-0.3, -0.25) is 4.98 Å². The second-order valence-electron chi connectivity index (χ2n) is 8.82. The molecule has 4 heterocycles. The summed E-state index contributed by atoms with van der Waals surface area (Å²) in [5, 5.41) is 9.70. The molecule has 0 amide bonds. The van der Waals surface area contributed by atoms with E-state index >= 15 is 0 Å². The van der Waals surface area contributed by atoms with Crippen LogP contribution in [0.2, 0.25) is 0 Å². The SMILES string of the molecule is CC(C)c1noc(N2CCC(Oc3ncnc4c(-c5ccc(S(N)(=O)=O)cc5F)nccc34)CC2)n1. The number of nitrogens with two attached hydrogens (primary N) is 1. The van der Waals surface area contributed by atoms with Crippen molar-refractivity contribution < 1.29 is 22.1 Å². The molecule has 1 aromatic carbocycles. The number of nitrogens with zero attached hydrogens (tertiary/aromatic N) is 6. The van der Waals surface area contributed by atoms with Crippen LogP contribution >= 0.6 is 0 Å². The van der Waals surface area contributed by atoms with E-state index in [1.165, 1.54) is 24.7 Å². The molecule has 1 saturated heterocycles. The van der Waals surface area contributed by atoms with Gasteiger partial charge in [-0.15, -0.1) is 0 Å². The van der Waals surface area contributed by atoms with Crippen LogP contribution in [0.3, 0.4) is 0 Å². The Morgan fingerprint density at radius 1 is 1.17 bits per heavy atom. The number of rotatable bonds is 6. The number of primary sulfonamides is 1. The quantitative estimate of drug-likeness (QED) is 0.407. The van der Waals surface area contributed by atoms with Crippen molar-refractivity contribution in [3.8, 4) is 17.1 Å². The summed E-state index contributed by atoms with van der Waals surface area (Å²) < 4.78 is 49.5. The number of benzene rings is 1. The molecule has 11 nitrogen and oxygen atoms in total. The monoisotopic (exact) mass is 513 g/mol. The van der Waals surface area contributed by atoms with Gasteiger partial charge >= 0.3 is 6.01 Å². The molecule has 1 aliphatic heterocycles. The Balaban J connectivity index is 1.36. The first-order valence-corrected chi connectivity index (χ1v) is 12.9. The molecule has 0 radical (unpaired) electrons. The molecular weight excluding hydrogens is 489 g/mol. The first-order valence-electron chi connectivity index (χ1n) is 11.4. The number of pyridine rings is 1. The minimum absolute atomic E-state index is 0.0892. The van der Waals surface area contributed by atoms with Gasteiger partial charge in [0.25, 0.3) is 0 Å². The molecule has 1 fully saturated rings. The van der Waals surface area contributed by atoms with E-state index in [-0.39, 0.29) is 28.2 Å². The third-order valence-electron chi connectivity index (χ3n) is 5.98. The molecule has 0 unspecified atom stereocenters. The highest BCUT2D eigenvalue weighted by atomic mass is 32.2. The maximum absolute atomic E-state index is 14.8. The van der Waals surface area contributed by atoms with Crippen LogP contribution in [0.4, 0.5) is 10.4 Å². The first kappa shape index (κ1) is 24.0. The highest BCUT2D eigenvalue weighted by Gasteiger charge is 2.26. The van der Waals surface area contributed by atoms with Crippen LogP contribution < -0.4 is 14.8 Å². The third-order valence-corrected chi connectivity index (χ3v) is 6.89. The summed E-state index contributed by atoms with van der Waals surface area (Å²) >= 11 is 0. The Morgan fingerprint density at radius 3 is 2.61 bits per heavy atom. The molecule has 4 aromatic rings. The molecule has 13 heteroatoms. The molecule has 0 aliphatic carbocycles. The molecule has 5 rings (SSSR count). The van der Waals surface area contributed by atoms with E-state index < -0.39 is 15.8 Å². The first-order chi connectivity index (χ1) is 17.2. The van der Waals surface area contributed by atoms with E-state index in [1.54, 1.807) is 6.07 Å². The van der Waals surface area contributed by atoms with Gasteiger partial charge in [-0.2, -0.15) is 4.98 Å². The van der Waals surface area contributed by atoms with Crippen LogP contribution in [0.15, 0.2) is 46.2 Å². The second-order valence-corrected chi connectivity index (χ2v) is 10.4. The predicted molar refractivity (Wildman–Crippen MR) is 128 cm³/mol. The molecule has 2 N–H and O–H groups in total. The lowest BCUT2D eigenvalue weighted by Crippen LogP contribution is -2.38. The average molecular weight is 514 g/mol. The van der Waals surface area contributed by atoms with Crippen molar-refractivity contribution in [2.75, 3.05) is 18.0 Å². The van der Waals surface area contributed by atoms with Gasteiger partial charge < -0.3 is 14.2 Å². The van der Waals surface area contributed by atoms with Crippen molar-refractivity contribution in [2.24, 2.45) is 5.14 Å². The van der Waals surface area contributed by atoms with Crippen molar-refractivity contribution in [2.45, 2.75) is 43.6 Å². The third kappa shape index (κ3) is 4.71. The van der Waals surface area contributed by atoms with E-state index in [0.29, 0.717) is 54.6 Å². The van der Waals surface area contributed by atoms with Crippen LogP contribution in [-0.2, 0) is 10.0 Å². The fourth-order valence-electron chi connectivity index (χ4n) is 4.03. The number of ether oxygens (including phenoxy) is 1. The summed E-state index contributed by atoms with van der Waals surface area (Å²) in [4.78, 5) is 19.0. The van der Waals surface area contributed by atoms with Gasteiger partial charge in [-0.25, -0.2) is 27.9 Å². The van der Waals surface area contributed by atoms with Gasteiger partial charge in [-0.1, -0.05) is 19.0 Å². The predicted octanol–water partition coefficient (Wildman–Crippen LogP) is 3.03. The van der Waals surface area contributed by atoms with E-state index in [0.717, 1.165) is 6.07 Å². The zero-order chi connectivity index (χ0) is 25.4. The number of hydrogen-bond acceptors (Lipinski definition) is 10. The van der Waals surface area contributed by atoms with Crippen molar-refractivity contribution in [3.63, 3.8) is 0 Å². The Labute approximate surface area is 206 Å². The van der Waals surface area contributed by atoms with Gasteiger partial charge in [0, 0.05) is 43.6 Å². The van der Waals surface area contributed by atoms with Crippen molar-refractivity contribution >= 4 is 26.9 Å². The van der Waals surface area contributed by atoms with Crippen molar-refractivity contribution in [1.82, 2.24) is 25.1 Å². The summed E-state index contributed by atoms with van der Waals surface area (Å²) in [7, 11) is -4.04. The lowest BCUT2D eigenvalue weighted by molar-refractivity contribution is 0.164. The molecular formula is C23H24FN7O4S. The molecule has 3 aromatic heterocycles. The summed E-state index contributed by atoms with van der Waals surface area (Å²) in [6, 6.07) is 5.62. The van der Waals surface area contributed by atoms with Gasteiger partial charge in [0.05, 0.1) is 16.0 Å². The lowest BCUT2D eigenvalue weighted by atomic mass is 10.1. The second kappa shape index (κ2) is 9.39. The molecule has 36 heavy (non-hydrogen) atoms. The Morgan fingerprint density at radius 2 is 1.94 bits per heavy atom.